The second-order valence-electron chi connectivity index (χ2n) is 6.68. The van der Waals surface area contributed by atoms with Crippen LogP contribution < -0.4 is 0 Å². The lowest BCUT2D eigenvalue weighted by molar-refractivity contribution is -0.205. The minimum atomic E-state index is -0.697. The summed E-state index contributed by atoms with van der Waals surface area (Å²) in [6, 6.07) is 7.66. The van der Waals surface area contributed by atoms with E-state index < -0.39 is 42.3 Å². The van der Waals surface area contributed by atoms with Gasteiger partial charge in [0.2, 0.25) is 0 Å². The maximum atomic E-state index is 12.6. The maximum absolute atomic E-state index is 12.6. The average Bonchev–Trinajstić information content (AvgIpc) is 2.57. The Morgan fingerprint density at radius 2 is 1.77 bits per heavy atom. The third kappa shape index (κ3) is 3.70. The van der Waals surface area contributed by atoms with Gasteiger partial charge in [-0.1, -0.05) is 30.3 Å². The third-order valence-electron chi connectivity index (χ3n) is 4.74. The van der Waals surface area contributed by atoms with E-state index in [0.717, 1.165) is 11.1 Å². The first-order chi connectivity index (χ1) is 12.4. The van der Waals surface area contributed by atoms with Crippen molar-refractivity contribution >= 4 is 23.8 Å². The molecule has 1 aromatic carbocycles. The summed E-state index contributed by atoms with van der Waals surface area (Å²) in [7, 11) is 0. The van der Waals surface area contributed by atoms with Gasteiger partial charge in [-0.05, 0) is 24.1 Å². The number of hydrogen-bond acceptors (Lipinski definition) is 6. The van der Waals surface area contributed by atoms with Gasteiger partial charge >= 0.3 is 11.9 Å². The molecular formula is C20H22O6. The van der Waals surface area contributed by atoms with Crippen LogP contribution in [0.2, 0.25) is 0 Å². The van der Waals surface area contributed by atoms with Crippen LogP contribution in [0.4, 0.5) is 0 Å². The van der Waals surface area contributed by atoms with E-state index in [2.05, 4.69) is 0 Å². The number of ketones is 1. The molecule has 1 aromatic rings. The first kappa shape index (κ1) is 18.3. The van der Waals surface area contributed by atoms with E-state index in [1.54, 1.807) is 19.1 Å². The summed E-state index contributed by atoms with van der Waals surface area (Å²) < 4.78 is 16.8. The third-order valence-corrected chi connectivity index (χ3v) is 4.74. The van der Waals surface area contributed by atoms with Gasteiger partial charge < -0.3 is 14.2 Å². The zero-order valence-electron chi connectivity index (χ0n) is 15.0. The fraction of sp³-hybridized carbons (Fsp3) is 0.450. The van der Waals surface area contributed by atoms with Crippen molar-refractivity contribution in [2.45, 2.75) is 57.5 Å². The number of hydrogen-bond donors (Lipinski definition) is 0. The monoisotopic (exact) mass is 358 g/mol. The Morgan fingerprint density at radius 1 is 1.08 bits per heavy atom. The molecule has 5 atom stereocenters. The quantitative estimate of drug-likeness (QED) is 0.772. The lowest BCUT2D eigenvalue weighted by Gasteiger charge is -2.42. The van der Waals surface area contributed by atoms with E-state index in [-0.39, 0.29) is 12.2 Å². The Hall–Kier alpha value is -2.47. The zero-order chi connectivity index (χ0) is 18.8. The topological polar surface area (TPSA) is 78.9 Å². The van der Waals surface area contributed by atoms with Gasteiger partial charge in [0.15, 0.2) is 11.9 Å². The fourth-order valence-electron chi connectivity index (χ4n) is 3.74. The standard InChI is InChI=1S/C20H22O6/c1-11-20(26-13(3)22)18(25-12(2)21)10-17(24-11)19-15-7-5-4-6-14(15)8-9-16(19)23/h4-9,11,17-20H,10H2,1-3H3/t11?,17-,18-,19?,20-/m1/s1. The highest BCUT2D eigenvalue weighted by Gasteiger charge is 2.45. The van der Waals surface area contributed by atoms with Crippen LogP contribution in [0.5, 0.6) is 0 Å². The first-order valence-electron chi connectivity index (χ1n) is 8.67. The fourth-order valence-corrected chi connectivity index (χ4v) is 3.74. The normalized spacial score (nSPS) is 30.4. The summed E-state index contributed by atoms with van der Waals surface area (Å²) in [5.74, 6) is -1.46. The molecular weight excluding hydrogens is 336 g/mol. The van der Waals surface area contributed by atoms with Gasteiger partial charge in [0.05, 0.1) is 18.1 Å². The summed E-state index contributed by atoms with van der Waals surface area (Å²) in [5.41, 5.74) is 1.87. The van der Waals surface area contributed by atoms with Crippen molar-refractivity contribution < 1.29 is 28.6 Å². The Bertz CT molecular complexity index is 752. The number of rotatable bonds is 3. The molecule has 0 saturated carbocycles. The Balaban J connectivity index is 1.89. The van der Waals surface area contributed by atoms with Crippen LogP contribution >= 0.6 is 0 Å². The smallest absolute Gasteiger partial charge is 0.303 e. The summed E-state index contributed by atoms with van der Waals surface area (Å²) in [6.07, 6.45) is 1.30. The van der Waals surface area contributed by atoms with Gasteiger partial charge in [-0.2, -0.15) is 0 Å². The highest BCUT2D eigenvalue weighted by Crippen LogP contribution is 2.38. The van der Waals surface area contributed by atoms with Crippen molar-refractivity contribution in [1.29, 1.82) is 0 Å². The summed E-state index contributed by atoms with van der Waals surface area (Å²) >= 11 is 0. The van der Waals surface area contributed by atoms with Crippen LogP contribution in [-0.2, 0) is 28.6 Å². The molecule has 0 N–H and O–H groups in total. The lowest BCUT2D eigenvalue weighted by atomic mass is 9.79. The summed E-state index contributed by atoms with van der Waals surface area (Å²) in [5, 5.41) is 0. The van der Waals surface area contributed by atoms with Gasteiger partial charge in [0, 0.05) is 20.3 Å². The molecule has 3 rings (SSSR count). The predicted octanol–water partition coefficient (Wildman–Crippen LogP) is 2.41. The zero-order valence-corrected chi connectivity index (χ0v) is 15.0. The van der Waals surface area contributed by atoms with E-state index in [9.17, 15) is 14.4 Å². The van der Waals surface area contributed by atoms with E-state index in [0.29, 0.717) is 0 Å². The van der Waals surface area contributed by atoms with Gasteiger partial charge in [-0.25, -0.2) is 0 Å². The molecule has 1 heterocycles. The Labute approximate surface area is 152 Å². The number of ether oxygens (including phenoxy) is 3. The maximum Gasteiger partial charge on any atom is 0.303 e. The van der Waals surface area contributed by atoms with Gasteiger partial charge in [-0.15, -0.1) is 0 Å². The summed E-state index contributed by atoms with van der Waals surface area (Å²) in [4.78, 5) is 35.5. The Morgan fingerprint density at radius 3 is 2.46 bits per heavy atom. The van der Waals surface area contributed by atoms with E-state index >= 15 is 0 Å². The molecule has 0 spiro atoms. The predicted molar refractivity (Wildman–Crippen MR) is 93.3 cm³/mol. The average molecular weight is 358 g/mol. The van der Waals surface area contributed by atoms with Crippen LogP contribution in [-0.4, -0.2) is 42.1 Å². The number of benzene rings is 1. The molecule has 2 aliphatic rings. The molecule has 1 fully saturated rings. The molecule has 6 heteroatoms. The van der Waals surface area contributed by atoms with Gasteiger partial charge in [-0.3, -0.25) is 14.4 Å². The van der Waals surface area contributed by atoms with Crippen molar-refractivity contribution in [2.24, 2.45) is 0 Å². The molecule has 1 aliphatic carbocycles. The number of carbonyl (C=O) groups is 3. The number of allylic oxidation sites excluding steroid dienone is 1. The van der Waals surface area contributed by atoms with Crippen molar-refractivity contribution in [3.05, 3.63) is 41.5 Å². The van der Waals surface area contributed by atoms with Crippen molar-refractivity contribution in [3.63, 3.8) is 0 Å². The van der Waals surface area contributed by atoms with Crippen molar-refractivity contribution in [3.8, 4) is 0 Å². The van der Waals surface area contributed by atoms with Gasteiger partial charge in [0.25, 0.3) is 0 Å². The number of fused-ring (bicyclic) bond motifs is 1. The van der Waals surface area contributed by atoms with E-state index in [4.69, 9.17) is 14.2 Å². The van der Waals surface area contributed by atoms with Crippen LogP contribution in [0.3, 0.4) is 0 Å². The molecule has 26 heavy (non-hydrogen) atoms. The first-order valence-corrected chi connectivity index (χ1v) is 8.67. The number of esters is 2. The minimum absolute atomic E-state index is 0.0478. The SMILES string of the molecule is CC(=O)O[C@@H]1C(C)O[C@@H](C2C(=O)C=Cc3ccccc32)C[C@H]1OC(C)=O. The molecule has 0 bridgehead atoms. The van der Waals surface area contributed by atoms with Crippen molar-refractivity contribution in [2.75, 3.05) is 0 Å². The molecule has 138 valence electrons. The Kier molecular flexibility index (Phi) is 5.23. The molecule has 2 unspecified atom stereocenters. The van der Waals surface area contributed by atoms with Gasteiger partial charge in [0.1, 0.15) is 6.10 Å². The summed E-state index contributed by atoms with van der Waals surface area (Å²) in [6.45, 7) is 4.37. The van der Waals surface area contributed by atoms with Crippen LogP contribution in [0.1, 0.15) is 44.2 Å². The van der Waals surface area contributed by atoms with E-state index in [1.165, 1.54) is 13.8 Å². The molecule has 1 saturated heterocycles. The lowest BCUT2D eigenvalue weighted by Crippen LogP contribution is -2.52. The molecule has 0 amide bonds. The largest absolute Gasteiger partial charge is 0.458 e. The van der Waals surface area contributed by atoms with E-state index in [1.807, 2.05) is 24.3 Å². The molecule has 1 aliphatic heterocycles. The van der Waals surface area contributed by atoms with Crippen molar-refractivity contribution in [1.82, 2.24) is 0 Å². The van der Waals surface area contributed by atoms with Crippen LogP contribution in [0, 0.1) is 0 Å². The molecule has 0 radical (unpaired) electrons. The molecule has 0 aromatic heterocycles. The minimum Gasteiger partial charge on any atom is -0.458 e. The highest BCUT2D eigenvalue weighted by molar-refractivity contribution is 6.02. The second kappa shape index (κ2) is 7.41. The molecule has 6 nitrogen and oxygen atoms in total. The highest BCUT2D eigenvalue weighted by atomic mass is 16.6. The van der Waals surface area contributed by atoms with Crippen LogP contribution in [0.15, 0.2) is 30.3 Å². The van der Waals surface area contributed by atoms with Crippen LogP contribution in [0.25, 0.3) is 6.08 Å². The number of carbonyl (C=O) groups excluding carboxylic acids is 3. The second-order valence-corrected chi connectivity index (χ2v) is 6.68.